The van der Waals surface area contributed by atoms with Crippen LogP contribution >= 0.6 is 11.3 Å². The number of nitrogens with one attached hydrogen (secondary N) is 3. The van der Waals surface area contributed by atoms with E-state index in [0.717, 1.165) is 66.5 Å². The third-order valence-electron chi connectivity index (χ3n) is 15.8. The lowest BCUT2D eigenvalue weighted by Gasteiger charge is -2.40. The maximum atomic E-state index is 17.0. The summed E-state index contributed by atoms with van der Waals surface area (Å²) in [6.07, 6.45) is 0.381. The van der Waals surface area contributed by atoms with Crippen molar-refractivity contribution >= 4 is 50.8 Å². The van der Waals surface area contributed by atoms with Gasteiger partial charge in [-0.25, -0.2) is 9.37 Å². The molecule has 4 aliphatic rings. The van der Waals surface area contributed by atoms with Crippen molar-refractivity contribution in [3.63, 3.8) is 0 Å². The summed E-state index contributed by atoms with van der Waals surface area (Å²) in [6.45, 7) is 13.5. The van der Waals surface area contributed by atoms with Gasteiger partial charge < -0.3 is 44.3 Å². The van der Waals surface area contributed by atoms with E-state index < -0.39 is 41.7 Å². The van der Waals surface area contributed by atoms with Crippen LogP contribution in [0.25, 0.3) is 43.5 Å². The molecule has 0 aliphatic carbocycles. The Hall–Kier alpha value is -7.02. The SMILES string of the molecule is Cc1ncsc1-c1ccc(C(C)NC(=O)[C@@H]2C[C@@H](O)CN2C(=O)C(c2cc(OCC3CCN(CCOc4nc(N5CC6CC[C@@](C)(C5)N6)c5cnc(-c6c(OC(F)(F)F)ccc7[nH]ncc67)c(F)c5n4)CC3)no2)C(C)C)cc1. The minimum atomic E-state index is -5.06. The van der Waals surface area contributed by atoms with Gasteiger partial charge in [0, 0.05) is 61.8 Å². The Morgan fingerprint density at radius 3 is 2.54 bits per heavy atom. The number of aryl methyl sites for hydroxylation is 1. The number of rotatable bonds is 17. The fourth-order valence-corrected chi connectivity index (χ4v) is 12.5. The topological polar surface area (TPSA) is 222 Å². The zero-order chi connectivity index (χ0) is 55.3. The minimum Gasteiger partial charge on any atom is -0.475 e. The molecule has 2 amide bonds. The zero-order valence-electron chi connectivity index (χ0n) is 44.3. The molecule has 4 N–H and O–H groups in total. The first kappa shape index (κ1) is 54.0. The Bertz CT molecular complexity index is 3350. The van der Waals surface area contributed by atoms with E-state index in [1.807, 2.05) is 57.5 Å². The smallest absolute Gasteiger partial charge is 0.475 e. The fraction of sp³-hybridized carbons (Fsp3) is 0.491. The Morgan fingerprint density at radius 2 is 1.81 bits per heavy atom. The highest BCUT2D eigenvalue weighted by atomic mass is 32.1. The van der Waals surface area contributed by atoms with Crippen LogP contribution in [0.4, 0.5) is 23.4 Å². The van der Waals surface area contributed by atoms with Gasteiger partial charge in [-0.15, -0.1) is 24.5 Å². The number of aromatic nitrogens is 7. The second-order valence-corrected chi connectivity index (χ2v) is 22.8. The number of anilines is 1. The number of aromatic amines is 1. The number of H-pyrrole nitrogens is 1. The Balaban J connectivity index is 0.708. The summed E-state index contributed by atoms with van der Waals surface area (Å²) in [5.74, 6) is -2.14. The third-order valence-corrected chi connectivity index (χ3v) is 16.7. The quantitative estimate of drug-likeness (QED) is 0.0633. The molecule has 79 heavy (non-hydrogen) atoms. The number of likely N-dealkylation sites (tertiary alicyclic amines) is 2. The van der Waals surface area contributed by atoms with E-state index in [9.17, 15) is 27.9 Å². The average Bonchev–Trinajstić information content (AvgIpc) is 4.39. The van der Waals surface area contributed by atoms with Gasteiger partial charge in [0.15, 0.2) is 11.6 Å². The number of fused-ring (bicyclic) bond motifs is 4. The third kappa shape index (κ3) is 11.4. The molecule has 0 spiro atoms. The van der Waals surface area contributed by atoms with Gasteiger partial charge >= 0.3 is 12.4 Å². The van der Waals surface area contributed by atoms with Crippen molar-refractivity contribution in [2.24, 2.45) is 11.8 Å². The van der Waals surface area contributed by atoms with Crippen molar-refractivity contribution in [3.05, 3.63) is 83.2 Å². The van der Waals surface area contributed by atoms with Crippen molar-refractivity contribution in [2.45, 2.75) is 109 Å². The molecule has 24 heteroatoms. The van der Waals surface area contributed by atoms with E-state index in [-0.39, 0.29) is 89.2 Å². The lowest BCUT2D eigenvalue weighted by Crippen LogP contribution is -2.58. The number of aliphatic hydroxyl groups is 1. The molecule has 418 valence electrons. The van der Waals surface area contributed by atoms with Gasteiger partial charge in [-0.2, -0.15) is 15.1 Å². The molecule has 4 saturated heterocycles. The number of thiazole rings is 1. The first-order valence-electron chi connectivity index (χ1n) is 26.7. The number of hydrogen-bond acceptors (Lipinski definition) is 17. The number of alkyl halides is 3. The molecule has 11 rings (SSSR count). The molecule has 5 aromatic heterocycles. The molecule has 4 aliphatic heterocycles. The molecular formula is C55H62F4N12O7S. The lowest BCUT2D eigenvalue weighted by molar-refractivity contribution is -0.274. The molecule has 4 fully saturated rings. The molecular weight excluding hydrogens is 1050 g/mol. The highest BCUT2D eigenvalue weighted by molar-refractivity contribution is 7.13. The van der Waals surface area contributed by atoms with Crippen molar-refractivity contribution in [3.8, 4) is 39.3 Å². The molecule has 7 aromatic rings. The first-order valence-corrected chi connectivity index (χ1v) is 27.6. The maximum absolute atomic E-state index is 17.0. The predicted molar refractivity (Wildman–Crippen MR) is 285 cm³/mol. The number of carbonyl (C=O) groups is 2. The normalized spacial score (nSPS) is 21.8. The number of piperazine rings is 1. The van der Waals surface area contributed by atoms with E-state index >= 15 is 4.39 Å². The lowest BCUT2D eigenvalue weighted by atomic mass is 9.91. The summed E-state index contributed by atoms with van der Waals surface area (Å²) in [5, 5.41) is 28.8. The molecule has 0 saturated carbocycles. The Labute approximate surface area is 456 Å². The standard InChI is InChI=1S/C55H62F4N12O7S/c1-29(2)44(52(74)71-25-36(72)20-40(71)51(73)63-30(3)33-6-8-34(9-7-33)49-31(4)61-28-79-49)42-21-43(68-78-42)76-26-32-13-16-69(17-14-32)18-19-75-53-64-47-38(50(65-53)70-24-35-12-15-54(5,27-70)66-35)22-60-48(46(47)56)45-37-23-62-67-39(37)10-11-41(45)77-55(57,58)59/h6-11,21-23,28-30,32,35-36,40,44,66,72H,12-20,24-27H2,1-5H3,(H,62,67)(H,63,73)/t30?,35?,36-,40+,44?,54+/m1/s1. The summed E-state index contributed by atoms with van der Waals surface area (Å²) >= 11 is 1.57. The number of piperidine rings is 1. The van der Waals surface area contributed by atoms with Crippen LogP contribution in [0.2, 0.25) is 0 Å². The fourth-order valence-electron chi connectivity index (χ4n) is 11.7. The summed E-state index contributed by atoms with van der Waals surface area (Å²) in [4.78, 5) is 53.0. The van der Waals surface area contributed by atoms with Crippen molar-refractivity contribution < 1.29 is 51.0 Å². The van der Waals surface area contributed by atoms with Crippen LogP contribution in [0.5, 0.6) is 17.6 Å². The number of aliphatic hydroxyl groups excluding tert-OH is 1. The largest absolute Gasteiger partial charge is 0.573 e. The van der Waals surface area contributed by atoms with Gasteiger partial charge in [0.25, 0.3) is 5.88 Å². The van der Waals surface area contributed by atoms with Gasteiger partial charge in [0.1, 0.15) is 41.3 Å². The van der Waals surface area contributed by atoms with E-state index in [1.165, 1.54) is 23.4 Å². The highest BCUT2D eigenvalue weighted by Gasteiger charge is 2.45. The second kappa shape index (κ2) is 21.9. The van der Waals surface area contributed by atoms with Crippen molar-refractivity contribution in [1.82, 2.24) is 55.7 Å². The Morgan fingerprint density at radius 1 is 1.01 bits per heavy atom. The maximum Gasteiger partial charge on any atom is 0.573 e. The highest BCUT2D eigenvalue weighted by Crippen LogP contribution is 2.43. The van der Waals surface area contributed by atoms with Crippen LogP contribution in [-0.4, -0.2) is 145 Å². The number of benzene rings is 2. The van der Waals surface area contributed by atoms with E-state index in [2.05, 4.69) is 62.4 Å². The van der Waals surface area contributed by atoms with Crippen LogP contribution in [-0.2, 0) is 9.59 Å². The van der Waals surface area contributed by atoms with Crippen molar-refractivity contribution in [2.75, 3.05) is 57.4 Å². The van der Waals surface area contributed by atoms with Gasteiger partial charge in [-0.1, -0.05) is 38.1 Å². The number of hydrogen-bond donors (Lipinski definition) is 4. The minimum absolute atomic E-state index is 0.00918. The number of ether oxygens (including phenoxy) is 3. The predicted octanol–water partition coefficient (Wildman–Crippen LogP) is 8.11. The van der Waals surface area contributed by atoms with Crippen LogP contribution in [0.15, 0.2) is 64.9 Å². The van der Waals surface area contributed by atoms with Gasteiger partial charge in [-0.05, 0) is 99.8 Å². The first-order chi connectivity index (χ1) is 37.9. The molecule has 6 atom stereocenters. The molecule has 2 bridgehead atoms. The van der Waals surface area contributed by atoms with Crippen LogP contribution in [0.1, 0.15) is 88.8 Å². The Kier molecular flexibility index (Phi) is 15.0. The number of halogens is 4. The monoisotopic (exact) mass is 1110 g/mol. The van der Waals surface area contributed by atoms with E-state index in [0.29, 0.717) is 48.7 Å². The van der Waals surface area contributed by atoms with Gasteiger partial charge in [-0.3, -0.25) is 24.6 Å². The van der Waals surface area contributed by atoms with Gasteiger partial charge in [0.05, 0.1) is 57.5 Å². The van der Waals surface area contributed by atoms with Crippen molar-refractivity contribution in [1.29, 1.82) is 0 Å². The molecule has 9 heterocycles. The molecule has 2 aromatic carbocycles. The summed E-state index contributed by atoms with van der Waals surface area (Å²) in [7, 11) is 0. The molecule has 0 radical (unpaired) electrons. The average molecular weight is 1110 g/mol. The molecule has 3 unspecified atom stereocenters. The number of carbonyl (C=O) groups excluding carboxylic acids is 2. The number of β-amino-alcohol motifs (C(OH)–C–C–N with tert-alkyl or cyclic N) is 1. The number of nitrogens with zero attached hydrogens (tertiary/aromatic N) is 9. The van der Waals surface area contributed by atoms with Crippen LogP contribution in [0.3, 0.4) is 0 Å². The summed E-state index contributed by atoms with van der Waals surface area (Å²) in [5.41, 5.74) is 4.10. The number of amides is 2. The summed E-state index contributed by atoms with van der Waals surface area (Å²) < 4.78 is 80.5. The zero-order valence-corrected chi connectivity index (χ0v) is 45.2. The number of pyridine rings is 1. The van der Waals surface area contributed by atoms with Crippen LogP contribution < -0.4 is 29.7 Å². The summed E-state index contributed by atoms with van der Waals surface area (Å²) in [6, 6.07) is 10.9. The van der Waals surface area contributed by atoms with E-state index in [1.54, 1.807) is 17.4 Å². The van der Waals surface area contributed by atoms with Crippen LogP contribution in [0, 0.1) is 24.6 Å². The van der Waals surface area contributed by atoms with Gasteiger partial charge in [0.2, 0.25) is 11.8 Å². The van der Waals surface area contributed by atoms with E-state index in [4.69, 9.17) is 19.0 Å². The molecule has 19 nitrogen and oxygen atoms in total. The second-order valence-electron chi connectivity index (χ2n) is 21.9.